The first-order valence-electron chi connectivity index (χ1n) is 35.4. The van der Waals surface area contributed by atoms with Gasteiger partial charge in [-0.3, -0.25) is 14.4 Å². The first-order valence-corrected chi connectivity index (χ1v) is 35.4. The van der Waals surface area contributed by atoms with Gasteiger partial charge in [-0.15, -0.1) is 0 Å². The zero-order valence-corrected chi connectivity index (χ0v) is 54.7. The monoisotopic (exact) mass is 1150 g/mol. The van der Waals surface area contributed by atoms with E-state index in [0.29, 0.717) is 19.3 Å². The summed E-state index contributed by atoms with van der Waals surface area (Å²) in [6.45, 7) is 6.55. The first-order chi connectivity index (χ1) is 41.0. The molecule has 0 aromatic rings. The standard InChI is InChI=1S/C77H132O6/c1-4-7-10-13-16-19-22-25-28-30-31-32-33-34-35-36-37-38-39-40-41-42-43-44-45-47-49-52-55-58-61-64-67-70-76(79)82-73-74(72-81-75(78)69-66-63-60-57-54-51-48-27-24-21-18-15-12-9-6-3)83-77(80)71-68-65-62-59-56-53-50-46-29-26-23-20-17-14-11-8-5-2/h7,10,16,19,25,27-28,31-32,34-35,37-38,40-41,43-44,48,74H,4-6,8-9,11-15,17-18,20-24,26,29-30,33,36,39,42,45-47,49-73H2,1-3H3/b10-7-,19-16-,28-25-,32-31-,35-34-,38-37-,41-40-,44-43-,48-27-. The molecular formula is C77H132O6. The van der Waals surface area contributed by atoms with Crippen molar-refractivity contribution in [3.05, 3.63) is 109 Å². The molecular weight excluding hydrogens is 1020 g/mol. The lowest BCUT2D eigenvalue weighted by Crippen LogP contribution is -2.30. The number of hydrogen-bond donors (Lipinski definition) is 0. The molecule has 0 aromatic carbocycles. The minimum atomic E-state index is -0.785. The minimum Gasteiger partial charge on any atom is -0.462 e. The van der Waals surface area contributed by atoms with E-state index in [1.165, 1.54) is 180 Å². The van der Waals surface area contributed by atoms with Gasteiger partial charge in [-0.05, 0) is 109 Å². The van der Waals surface area contributed by atoms with Crippen molar-refractivity contribution in [3.8, 4) is 0 Å². The van der Waals surface area contributed by atoms with Crippen molar-refractivity contribution in [2.45, 2.75) is 348 Å². The second kappa shape index (κ2) is 70.6. The van der Waals surface area contributed by atoms with Gasteiger partial charge in [-0.2, -0.15) is 0 Å². The van der Waals surface area contributed by atoms with Crippen LogP contribution in [0.4, 0.5) is 0 Å². The fourth-order valence-corrected chi connectivity index (χ4v) is 9.99. The summed E-state index contributed by atoms with van der Waals surface area (Å²) in [7, 11) is 0. The first kappa shape index (κ1) is 79.1. The molecule has 0 aliphatic heterocycles. The zero-order valence-electron chi connectivity index (χ0n) is 54.7. The van der Waals surface area contributed by atoms with Crippen molar-refractivity contribution in [2.75, 3.05) is 13.2 Å². The van der Waals surface area contributed by atoms with Crippen LogP contribution in [-0.2, 0) is 28.6 Å². The van der Waals surface area contributed by atoms with Gasteiger partial charge in [0.05, 0.1) is 0 Å². The predicted octanol–water partition coefficient (Wildman–Crippen LogP) is 24.6. The second-order valence-electron chi connectivity index (χ2n) is 23.4. The number of esters is 3. The molecule has 0 aliphatic rings. The Kier molecular flexibility index (Phi) is 67.2. The maximum atomic E-state index is 12.9. The largest absolute Gasteiger partial charge is 0.462 e. The highest BCUT2D eigenvalue weighted by molar-refractivity contribution is 5.71. The Morgan fingerprint density at radius 3 is 0.747 bits per heavy atom. The maximum absolute atomic E-state index is 12.9. The van der Waals surface area contributed by atoms with Crippen LogP contribution < -0.4 is 0 Å². The molecule has 83 heavy (non-hydrogen) atoms. The summed E-state index contributed by atoms with van der Waals surface area (Å²) in [6.07, 6.45) is 96.8. The van der Waals surface area contributed by atoms with Gasteiger partial charge in [0, 0.05) is 19.3 Å². The van der Waals surface area contributed by atoms with Crippen molar-refractivity contribution in [1.29, 1.82) is 0 Å². The third kappa shape index (κ3) is 68.7. The molecule has 1 atom stereocenters. The lowest BCUT2D eigenvalue weighted by molar-refractivity contribution is -0.167. The normalized spacial score (nSPS) is 12.8. The molecule has 0 heterocycles. The van der Waals surface area contributed by atoms with Gasteiger partial charge in [0.2, 0.25) is 0 Å². The summed E-state index contributed by atoms with van der Waals surface area (Å²) in [5.74, 6) is -0.882. The van der Waals surface area contributed by atoms with E-state index >= 15 is 0 Å². The van der Waals surface area contributed by atoms with Gasteiger partial charge in [0.1, 0.15) is 13.2 Å². The molecule has 0 N–H and O–H groups in total. The zero-order chi connectivity index (χ0) is 59.9. The third-order valence-electron chi connectivity index (χ3n) is 15.3. The highest BCUT2D eigenvalue weighted by Crippen LogP contribution is 2.17. The van der Waals surface area contributed by atoms with Crippen LogP contribution in [0.3, 0.4) is 0 Å². The molecule has 0 bridgehead atoms. The Hall–Kier alpha value is -3.93. The molecule has 0 amide bonds. The molecule has 0 radical (unpaired) electrons. The van der Waals surface area contributed by atoms with Crippen molar-refractivity contribution in [1.82, 2.24) is 0 Å². The van der Waals surface area contributed by atoms with Gasteiger partial charge in [-0.1, -0.05) is 323 Å². The van der Waals surface area contributed by atoms with Crippen molar-refractivity contribution in [3.63, 3.8) is 0 Å². The van der Waals surface area contributed by atoms with Crippen LogP contribution in [0, 0.1) is 0 Å². The van der Waals surface area contributed by atoms with E-state index in [-0.39, 0.29) is 31.1 Å². The van der Waals surface area contributed by atoms with Gasteiger partial charge < -0.3 is 14.2 Å². The second-order valence-corrected chi connectivity index (χ2v) is 23.4. The van der Waals surface area contributed by atoms with E-state index in [1.807, 2.05) is 0 Å². The SMILES string of the molecule is CC/C=C\C/C=C\C/C=C\C/C=C\C/C=C\C/C=C\C/C=C\C/C=C\CCCCCCCCCCC(=O)OCC(COC(=O)CCCCCCC/C=C\CCCCCCCC)OC(=O)CCCCCCCCCCCCCCCCCCC. The van der Waals surface area contributed by atoms with Crippen LogP contribution in [0.5, 0.6) is 0 Å². The highest BCUT2D eigenvalue weighted by atomic mass is 16.6. The smallest absolute Gasteiger partial charge is 0.306 e. The number of allylic oxidation sites excluding steroid dienone is 18. The van der Waals surface area contributed by atoms with Crippen molar-refractivity contribution in [2.24, 2.45) is 0 Å². The molecule has 476 valence electrons. The Bertz CT molecular complexity index is 1660. The molecule has 6 nitrogen and oxygen atoms in total. The Morgan fingerprint density at radius 1 is 0.253 bits per heavy atom. The van der Waals surface area contributed by atoms with Gasteiger partial charge >= 0.3 is 17.9 Å². The molecule has 1 unspecified atom stereocenters. The molecule has 0 rings (SSSR count). The average molecular weight is 1150 g/mol. The fraction of sp³-hybridized carbons (Fsp3) is 0.727. The van der Waals surface area contributed by atoms with E-state index in [4.69, 9.17) is 14.2 Å². The highest BCUT2D eigenvalue weighted by Gasteiger charge is 2.19. The van der Waals surface area contributed by atoms with Crippen LogP contribution in [0.2, 0.25) is 0 Å². The fourth-order valence-electron chi connectivity index (χ4n) is 9.99. The molecule has 0 aliphatic carbocycles. The summed E-state index contributed by atoms with van der Waals surface area (Å²) < 4.78 is 17.0. The van der Waals surface area contributed by atoms with E-state index in [2.05, 4.69) is 130 Å². The van der Waals surface area contributed by atoms with Crippen LogP contribution in [0.1, 0.15) is 342 Å². The van der Waals surface area contributed by atoms with Crippen LogP contribution >= 0.6 is 0 Å². The summed E-state index contributed by atoms with van der Waals surface area (Å²) >= 11 is 0. The Labute approximate surface area is 514 Å². The Balaban J connectivity index is 4.29. The molecule has 0 saturated carbocycles. The van der Waals surface area contributed by atoms with E-state index in [9.17, 15) is 14.4 Å². The maximum Gasteiger partial charge on any atom is 0.306 e. The van der Waals surface area contributed by atoms with E-state index in [0.717, 1.165) is 122 Å². The molecule has 0 saturated heterocycles. The number of ether oxygens (including phenoxy) is 3. The predicted molar refractivity (Wildman–Crippen MR) is 362 cm³/mol. The molecule has 0 fully saturated rings. The summed E-state index contributed by atoms with van der Waals surface area (Å²) in [5.41, 5.74) is 0. The summed E-state index contributed by atoms with van der Waals surface area (Å²) in [4.78, 5) is 38.4. The van der Waals surface area contributed by atoms with Gasteiger partial charge in [0.15, 0.2) is 6.10 Å². The number of unbranched alkanes of at least 4 members (excludes halogenated alkanes) is 35. The van der Waals surface area contributed by atoms with Crippen LogP contribution in [-0.4, -0.2) is 37.2 Å². The molecule has 0 aromatic heterocycles. The average Bonchev–Trinajstić information content (AvgIpc) is 3.49. The molecule has 0 spiro atoms. The van der Waals surface area contributed by atoms with Crippen LogP contribution in [0.15, 0.2) is 109 Å². The van der Waals surface area contributed by atoms with Gasteiger partial charge in [-0.25, -0.2) is 0 Å². The minimum absolute atomic E-state index is 0.0814. The summed E-state index contributed by atoms with van der Waals surface area (Å²) in [5, 5.41) is 0. The number of rotatable bonds is 64. The Morgan fingerprint density at radius 2 is 0.470 bits per heavy atom. The lowest BCUT2D eigenvalue weighted by atomic mass is 10.0. The van der Waals surface area contributed by atoms with Gasteiger partial charge in [0.25, 0.3) is 0 Å². The summed E-state index contributed by atoms with van der Waals surface area (Å²) in [6, 6.07) is 0. The van der Waals surface area contributed by atoms with E-state index in [1.54, 1.807) is 0 Å². The third-order valence-corrected chi connectivity index (χ3v) is 15.3. The lowest BCUT2D eigenvalue weighted by Gasteiger charge is -2.18. The number of carbonyl (C=O) groups excluding carboxylic acids is 3. The topological polar surface area (TPSA) is 78.9 Å². The number of carbonyl (C=O) groups is 3. The van der Waals surface area contributed by atoms with E-state index < -0.39 is 6.10 Å². The van der Waals surface area contributed by atoms with Crippen molar-refractivity contribution >= 4 is 17.9 Å². The quantitative estimate of drug-likeness (QED) is 0.0261. The van der Waals surface area contributed by atoms with Crippen LogP contribution in [0.25, 0.3) is 0 Å². The van der Waals surface area contributed by atoms with Crippen molar-refractivity contribution < 1.29 is 28.6 Å². The molecule has 6 heteroatoms. The number of hydrogen-bond acceptors (Lipinski definition) is 6.